The number of rotatable bonds is 9. The molecule has 1 saturated carbocycles. The lowest BCUT2D eigenvalue weighted by Gasteiger charge is -2.39. The van der Waals surface area contributed by atoms with Crippen LogP contribution in [0.15, 0.2) is 134 Å². The number of aryl methyl sites for hydroxylation is 1. The number of nitrogens with zero attached hydrogens (tertiary/aromatic N) is 3. The third kappa shape index (κ3) is 5.42. The molecule has 1 N–H and O–H groups in total. The second kappa shape index (κ2) is 12.1. The third-order valence-corrected chi connectivity index (χ3v) is 10.6. The Bertz CT molecular complexity index is 2030. The lowest BCUT2D eigenvalue weighted by molar-refractivity contribution is -0.186. The number of hydrogen-bond donors (Lipinski definition) is 1. The molecule has 252 valence electrons. The average Bonchev–Trinajstić information content (AvgIpc) is 3.73. The maximum atomic E-state index is 14.3. The smallest absolute Gasteiger partial charge is 0.385 e. The topological polar surface area (TPSA) is 50.9 Å². The highest BCUT2D eigenvalue weighted by molar-refractivity contribution is 5.62. The van der Waals surface area contributed by atoms with Crippen molar-refractivity contribution < 1.29 is 22.7 Å². The molecule has 0 aliphatic heterocycles. The third-order valence-electron chi connectivity index (χ3n) is 10.6. The zero-order chi connectivity index (χ0) is 34.6. The van der Waals surface area contributed by atoms with Crippen LogP contribution in [0.3, 0.4) is 0 Å². The van der Waals surface area contributed by atoms with Gasteiger partial charge in [-0.05, 0) is 71.7 Å². The predicted molar refractivity (Wildman–Crippen MR) is 184 cm³/mol. The summed E-state index contributed by atoms with van der Waals surface area (Å²) in [4.78, 5) is 9.23. The number of benzene rings is 4. The van der Waals surface area contributed by atoms with Gasteiger partial charge in [0, 0.05) is 24.6 Å². The summed E-state index contributed by atoms with van der Waals surface area (Å²) in [5, 5.41) is 12.5. The van der Waals surface area contributed by atoms with Crippen molar-refractivity contribution >= 4 is 0 Å². The van der Waals surface area contributed by atoms with Crippen molar-refractivity contribution in [2.24, 2.45) is 5.41 Å². The Morgan fingerprint density at radius 3 is 1.84 bits per heavy atom. The summed E-state index contributed by atoms with van der Waals surface area (Å²) >= 11 is 0. The van der Waals surface area contributed by atoms with Gasteiger partial charge in [-0.1, -0.05) is 103 Å². The minimum absolute atomic E-state index is 0.0719. The molecule has 1 atom stereocenters. The van der Waals surface area contributed by atoms with Crippen LogP contribution >= 0.6 is 0 Å². The molecule has 0 bridgehead atoms. The van der Waals surface area contributed by atoms with E-state index in [-0.39, 0.29) is 25.7 Å². The van der Waals surface area contributed by atoms with E-state index in [0.717, 1.165) is 33.4 Å². The van der Waals surface area contributed by atoms with E-state index in [9.17, 15) is 22.7 Å². The standard InChI is InChI=1S/C42H35F4N3O/c43-34-17-19-37(47-27-34)30-16-18-36-29(24-30)20-21-40(36,50)26-38-48-35(25-39(22-23-39)42(44,45)46)28-49(38)41(31-10-4-1-5-11-31,32-12-6-2-7-13-32)33-14-8-3-9-15-33/h1-19,24,27-28,50H,20-23,25-26H2. The van der Waals surface area contributed by atoms with E-state index >= 15 is 0 Å². The monoisotopic (exact) mass is 673 g/mol. The molecule has 2 aromatic heterocycles. The van der Waals surface area contributed by atoms with E-state index in [1.807, 2.05) is 114 Å². The summed E-state index contributed by atoms with van der Waals surface area (Å²) in [6.45, 7) is 0. The van der Waals surface area contributed by atoms with Crippen molar-refractivity contribution in [3.05, 3.63) is 179 Å². The molecule has 2 heterocycles. The van der Waals surface area contributed by atoms with Gasteiger partial charge in [0.15, 0.2) is 0 Å². The molecule has 0 radical (unpaired) electrons. The van der Waals surface area contributed by atoms with Gasteiger partial charge in [-0.2, -0.15) is 13.2 Å². The zero-order valence-electron chi connectivity index (χ0n) is 27.2. The first-order valence-corrected chi connectivity index (χ1v) is 16.9. The molecule has 0 spiro atoms. The number of pyridine rings is 1. The number of fused-ring (bicyclic) bond motifs is 1. The van der Waals surface area contributed by atoms with Crippen LogP contribution in [0.4, 0.5) is 17.6 Å². The number of alkyl halides is 3. The van der Waals surface area contributed by atoms with Gasteiger partial charge >= 0.3 is 6.18 Å². The summed E-state index contributed by atoms with van der Waals surface area (Å²) in [5.74, 6) is 0.0775. The molecule has 1 fully saturated rings. The molecule has 2 aliphatic rings. The van der Waals surface area contributed by atoms with Gasteiger partial charge in [0.25, 0.3) is 0 Å². The lowest BCUT2D eigenvalue weighted by atomic mass is 9.76. The first-order valence-electron chi connectivity index (χ1n) is 16.9. The number of imidazole rings is 1. The Labute approximate surface area is 288 Å². The Morgan fingerprint density at radius 2 is 1.32 bits per heavy atom. The average molecular weight is 674 g/mol. The largest absolute Gasteiger partial charge is 0.394 e. The maximum absolute atomic E-state index is 14.3. The second-order valence-electron chi connectivity index (χ2n) is 13.7. The van der Waals surface area contributed by atoms with Crippen LogP contribution in [0, 0.1) is 11.2 Å². The molecule has 0 saturated heterocycles. The van der Waals surface area contributed by atoms with Crippen molar-refractivity contribution in [1.82, 2.24) is 14.5 Å². The molecule has 8 heteroatoms. The fraction of sp³-hybridized carbons (Fsp3) is 0.238. The van der Waals surface area contributed by atoms with E-state index in [2.05, 4.69) is 4.98 Å². The SMILES string of the molecule is OC1(Cc2nc(CC3(C(F)(F)F)CC3)cn2C(c2ccccc2)(c2ccccc2)c2ccccc2)CCc2cc(-c3ccc(F)cn3)ccc21. The van der Waals surface area contributed by atoms with Crippen molar-refractivity contribution in [2.75, 3.05) is 0 Å². The number of aromatic nitrogens is 3. The fourth-order valence-corrected chi connectivity index (χ4v) is 7.87. The number of halogens is 4. The molecule has 6 aromatic rings. The highest BCUT2D eigenvalue weighted by Crippen LogP contribution is 2.59. The van der Waals surface area contributed by atoms with Gasteiger partial charge in [0.05, 0.1) is 28.6 Å². The normalized spacial score (nSPS) is 18.2. The van der Waals surface area contributed by atoms with E-state index in [1.54, 1.807) is 12.3 Å². The molecule has 1 unspecified atom stereocenters. The molecular formula is C42H35F4N3O. The van der Waals surface area contributed by atoms with Crippen molar-refractivity contribution in [3.63, 3.8) is 0 Å². The molecular weight excluding hydrogens is 638 g/mol. The first kappa shape index (κ1) is 32.1. The van der Waals surface area contributed by atoms with Crippen molar-refractivity contribution in [1.29, 1.82) is 0 Å². The van der Waals surface area contributed by atoms with Crippen LogP contribution in [-0.4, -0.2) is 25.8 Å². The predicted octanol–water partition coefficient (Wildman–Crippen LogP) is 9.19. The van der Waals surface area contributed by atoms with Crippen molar-refractivity contribution in [2.45, 2.75) is 55.8 Å². The minimum atomic E-state index is -4.34. The molecule has 50 heavy (non-hydrogen) atoms. The van der Waals surface area contributed by atoms with Gasteiger partial charge in [0.2, 0.25) is 0 Å². The Hall–Kier alpha value is -5.08. The Kier molecular flexibility index (Phi) is 7.75. The van der Waals surface area contributed by atoms with Crippen LogP contribution in [0.25, 0.3) is 11.3 Å². The van der Waals surface area contributed by atoms with E-state index in [1.165, 1.54) is 12.3 Å². The van der Waals surface area contributed by atoms with Crippen LogP contribution in [0.5, 0.6) is 0 Å². The highest BCUT2D eigenvalue weighted by atomic mass is 19.4. The molecule has 0 amide bonds. The zero-order valence-corrected chi connectivity index (χ0v) is 27.2. The van der Waals surface area contributed by atoms with E-state index in [4.69, 9.17) is 4.98 Å². The minimum Gasteiger partial charge on any atom is -0.385 e. The van der Waals surface area contributed by atoms with E-state index < -0.39 is 28.5 Å². The fourth-order valence-electron chi connectivity index (χ4n) is 7.87. The summed E-state index contributed by atoms with van der Waals surface area (Å²) in [5.41, 5.74) is 2.08. The maximum Gasteiger partial charge on any atom is 0.394 e. The summed E-state index contributed by atoms with van der Waals surface area (Å²) in [6.07, 6.45) is -0.374. The summed E-state index contributed by atoms with van der Waals surface area (Å²) in [6, 6.07) is 38.5. The lowest BCUT2D eigenvalue weighted by Crippen LogP contribution is -2.40. The van der Waals surface area contributed by atoms with Crippen LogP contribution < -0.4 is 0 Å². The van der Waals surface area contributed by atoms with E-state index in [0.29, 0.717) is 30.1 Å². The molecule has 4 aromatic carbocycles. The molecule has 4 nitrogen and oxygen atoms in total. The Balaban J connectivity index is 1.31. The summed E-state index contributed by atoms with van der Waals surface area (Å²) < 4.78 is 58.6. The molecule has 8 rings (SSSR count). The quantitative estimate of drug-likeness (QED) is 0.123. The number of hydrogen-bond acceptors (Lipinski definition) is 3. The highest BCUT2D eigenvalue weighted by Gasteiger charge is 2.63. The van der Waals surface area contributed by atoms with Gasteiger partial charge < -0.3 is 9.67 Å². The number of aliphatic hydroxyl groups is 1. The van der Waals surface area contributed by atoms with Gasteiger partial charge in [-0.3, -0.25) is 4.98 Å². The van der Waals surface area contributed by atoms with Crippen LogP contribution in [-0.2, 0) is 30.4 Å². The van der Waals surface area contributed by atoms with Crippen molar-refractivity contribution in [3.8, 4) is 11.3 Å². The first-order chi connectivity index (χ1) is 24.1. The van der Waals surface area contributed by atoms with Gasteiger partial charge in [0.1, 0.15) is 17.2 Å². The van der Waals surface area contributed by atoms with Gasteiger partial charge in [-0.15, -0.1) is 0 Å². The molecule has 2 aliphatic carbocycles. The summed E-state index contributed by atoms with van der Waals surface area (Å²) in [7, 11) is 0. The van der Waals surface area contributed by atoms with Crippen LogP contribution in [0.1, 0.15) is 58.6 Å². The van der Waals surface area contributed by atoms with Crippen LogP contribution in [0.2, 0.25) is 0 Å². The second-order valence-corrected chi connectivity index (χ2v) is 13.7. The van der Waals surface area contributed by atoms with Gasteiger partial charge in [-0.25, -0.2) is 9.37 Å². The Morgan fingerprint density at radius 1 is 0.720 bits per heavy atom.